The highest BCUT2D eigenvalue weighted by Crippen LogP contribution is 2.23. The van der Waals surface area contributed by atoms with Crippen LogP contribution in [-0.4, -0.2) is 53.5 Å². The van der Waals surface area contributed by atoms with Gasteiger partial charge in [0.25, 0.3) is 0 Å². The van der Waals surface area contributed by atoms with Gasteiger partial charge < -0.3 is 25.4 Å². The molecule has 2 aromatic rings. The molecular weight excluding hydrogens is 342 g/mol. The number of aromatic nitrogens is 2. The molecule has 0 atom stereocenters. The SMILES string of the molecule is OC1CCC(Nc2nccc(Nc3ccc(N4CCOCC4)cc3)n2)CC1. The molecule has 2 fully saturated rings. The predicted molar refractivity (Wildman–Crippen MR) is 107 cm³/mol. The van der Waals surface area contributed by atoms with E-state index in [1.54, 1.807) is 6.20 Å². The van der Waals surface area contributed by atoms with Crippen LogP contribution in [0.4, 0.5) is 23.1 Å². The summed E-state index contributed by atoms with van der Waals surface area (Å²) in [7, 11) is 0. The fourth-order valence-electron chi connectivity index (χ4n) is 3.63. The molecule has 2 aliphatic rings. The van der Waals surface area contributed by atoms with Crippen LogP contribution < -0.4 is 15.5 Å². The number of nitrogens with zero attached hydrogens (tertiary/aromatic N) is 3. The average molecular weight is 369 g/mol. The van der Waals surface area contributed by atoms with Crippen molar-refractivity contribution >= 4 is 23.1 Å². The van der Waals surface area contributed by atoms with E-state index in [-0.39, 0.29) is 6.10 Å². The number of anilines is 4. The summed E-state index contributed by atoms with van der Waals surface area (Å²) in [4.78, 5) is 11.2. The molecule has 0 bridgehead atoms. The van der Waals surface area contributed by atoms with Crippen LogP contribution in [0.1, 0.15) is 25.7 Å². The molecule has 1 saturated carbocycles. The molecule has 1 saturated heterocycles. The second-order valence-electron chi connectivity index (χ2n) is 7.19. The molecule has 0 unspecified atom stereocenters. The monoisotopic (exact) mass is 369 g/mol. The molecule has 0 radical (unpaired) electrons. The summed E-state index contributed by atoms with van der Waals surface area (Å²) >= 11 is 0. The van der Waals surface area contributed by atoms with E-state index in [2.05, 4.69) is 49.8 Å². The molecule has 4 rings (SSSR count). The predicted octanol–water partition coefficient (Wildman–Crippen LogP) is 2.77. The van der Waals surface area contributed by atoms with Gasteiger partial charge in [-0.3, -0.25) is 0 Å². The Morgan fingerprint density at radius 1 is 1.00 bits per heavy atom. The van der Waals surface area contributed by atoms with E-state index >= 15 is 0 Å². The van der Waals surface area contributed by atoms with Gasteiger partial charge in [0.1, 0.15) is 5.82 Å². The fourth-order valence-corrected chi connectivity index (χ4v) is 3.63. The van der Waals surface area contributed by atoms with Crippen molar-refractivity contribution in [3.63, 3.8) is 0 Å². The first kappa shape index (κ1) is 18.0. The molecule has 1 aromatic heterocycles. The van der Waals surface area contributed by atoms with E-state index in [1.165, 1.54) is 5.69 Å². The van der Waals surface area contributed by atoms with Gasteiger partial charge in [0.15, 0.2) is 0 Å². The lowest BCUT2D eigenvalue weighted by atomic mass is 9.93. The van der Waals surface area contributed by atoms with Crippen LogP contribution in [0.25, 0.3) is 0 Å². The number of nitrogens with one attached hydrogen (secondary N) is 2. The van der Waals surface area contributed by atoms with Gasteiger partial charge in [0, 0.05) is 36.7 Å². The highest BCUT2D eigenvalue weighted by Gasteiger charge is 2.19. The maximum absolute atomic E-state index is 9.63. The minimum atomic E-state index is -0.155. The Hall–Kier alpha value is -2.38. The smallest absolute Gasteiger partial charge is 0.224 e. The summed E-state index contributed by atoms with van der Waals surface area (Å²) < 4.78 is 5.41. The third-order valence-electron chi connectivity index (χ3n) is 5.20. The Bertz CT molecular complexity index is 725. The molecule has 144 valence electrons. The van der Waals surface area contributed by atoms with Crippen LogP contribution in [-0.2, 0) is 4.74 Å². The first-order chi connectivity index (χ1) is 13.3. The Kier molecular flexibility index (Phi) is 5.69. The first-order valence-electron chi connectivity index (χ1n) is 9.74. The third kappa shape index (κ3) is 4.87. The van der Waals surface area contributed by atoms with Crippen molar-refractivity contribution < 1.29 is 9.84 Å². The average Bonchev–Trinajstić information content (AvgIpc) is 2.71. The van der Waals surface area contributed by atoms with Gasteiger partial charge in [-0.25, -0.2) is 4.98 Å². The van der Waals surface area contributed by atoms with Gasteiger partial charge in [-0.1, -0.05) is 0 Å². The lowest BCUT2D eigenvalue weighted by Crippen LogP contribution is -2.36. The van der Waals surface area contributed by atoms with E-state index in [1.807, 2.05) is 6.07 Å². The fraction of sp³-hybridized carbons (Fsp3) is 0.500. The number of morpholine rings is 1. The number of rotatable bonds is 5. The summed E-state index contributed by atoms with van der Waals surface area (Å²) in [6.07, 6.45) is 5.18. The van der Waals surface area contributed by atoms with Crippen LogP contribution >= 0.6 is 0 Å². The lowest BCUT2D eigenvalue weighted by molar-refractivity contribution is 0.122. The molecule has 7 heteroatoms. The Labute approximate surface area is 159 Å². The van der Waals surface area contributed by atoms with Crippen LogP contribution in [0.2, 0.25) is 0 Å². The molecule has 2 heterocycles. The summed E-state index contributed by atoms with van der Waals surface area (Å²) in [6.45, 7) is 3.45. The van der Waals surface area contributed by atoms with E-state index in [9.17, 15) is 5.11 Å². The van der Waals surface area contributed by atoms with E-state index in [0.717, 1.165) is 63.5 Å². The Morgan fingerprint density at radius 3 is 2.48 bits per heavy atom. The van der Waals surface area contributed by atoms with Crippen LogP contribution in [0.15, 0.2) is 36.5 Å². The van der Waals surface area contributed by atoms with Gasteiger partial charge in [-0.2, -0.15) is 4.98 Å². The largest absolute Gasteiger partial charge is 0.393 e. The topological polar surface area (TPSA) is 82.5 Å². The second-order valence-corrected chi connectivity index (χ2v) is 7.19. The number of hydrogen-bond acceptors (Lipinski definition) is 7. The minimum absolute atomic E-state index is 0.155. The second kappa shape index (κ2) is 8.54. The molecule has 1 aliphatic carbocycles. The van der Waals surface area contributed by atoms with Crippen molar-refractivity contribution in [2.75, 3.05) is 41.8 Å². The maximum atomic E-state index is 9.63. The molecular formula is C20H27N5O2. The summed E-state index contributed by atoms with van der Waals surface area (Å²) in [5, 5.41) is 16.4. The molecule has 27 heavy (non-hydrogen) atoms. The van der Waals surface area contributed by atoms with Gasteiger partial charge in [-0.15, -0.1) is 0 Å². The minimum Gasteiger partial charge on any atom is -0.393 e. The Balaban J connectivity index is 1.36. The van der Waals surface area contributed by atoms with Crippen LogP contribution in [0.3, 0.4) is 0 Å². The Morgan fingerprint density at radius 2 is 1.74 bits per heavy atom. The van der Waals surface area contributed by atoms with Crippen LogP contribution in [0, 0.1) is 0 Å². The van der Waals surface area contributed by atoms with Gasteiger partial charge in [0.05, 0.1) is 19.3 Å². The van der Waals surface area contributed by atoms with Crippen molar-refractivity contribution in [2.45, 2.75) is 37.8 Å². The van der Waals surface area contributed by atoms with E-state index in [0.29, 0.717) is 12.0 Å². The van der Waals surface area contributed by atoms with Crippen molar-refractivity contribution in [1.29, 1.82) is 0 Å². The number of benzene rings is 1. The molecule has 7 nitrogen and oxygen atoms in total. The summed E-state index contributed by atoms with van der Waals surface area (Å²) in [6, 6.07) is 10.6. The third-order valence-corrected chi connectivity index (χ3v) is 5.20. The van der Waals surface area contributed by atoms with Crippen molar-refractivity contribution in [1.82, 2.24) is 9.97 Å². The highest BCUT2D eigenvalue weighted by atomic mass is 16.5. The zero-order valence-electron chi connectivity index (χ0n) is 15.5. The number of ether oxygens (including phenoxy) is 1. The zero-order valence-corrected chi connectivity index (χ0v) is 15.5. The molecule has 0 spiro atoms. The van der Waals surface area contributed by atoms with Gasteiger partial charge in [-0.05, 0) is 56.0 Å². The number of aliphatic hydroxyl groups excluding tert-OH is 1. The van der Waals surface area contributed by atoms with Gasteiger partial charge in [0.2, 0.25) is 5.95 Å². The molecule has 3 N–H and O–H groups in total. The highest BCUT2D eigenvalue weighted by molar-refractivity contribution is 5.61. The zero-order chi connectivity index (χ0) is 18.5. The van der Waals surface area contributed by atoms with E-state index < -0.39 is 0 Å². The molecule has 1 aliphatic heterocycles. The first-order valence-corrected chi connectivity index (χ1v) is 9.74. The number of aliphatic hydroxyl groups is 1. The van der Waals surface area contributed by atoms with Crippen molar-refractivity contribution in [3.05, 3.63) is 36.5 Å². The molecule has 1 aromatic carbocycles. The van der Waals surface area contributed by atoms with Crippen molar-refractivity contribution in [2.24, 2.45) is 0 Å². The lowest BCUT2D eigenvalue weighted by Gasteiger charge is -2.29. The summed E-state index contributed by atoms with van der Waals surface area (Å²) in [5.41, 5.74) is 2.21. The quantitative estimate of drug-likeness (QED) is 0.747. The number of hydrogen-bond donors (Lipinski definition) is 3. The molecule has 0 amide bonds. The normalized spacial score (nSPS) is 23.1. The standard InChI is InChI=1S/C20H27N5O2/c26-18-7-3-16(4-8-18)23-20-21-10-9-19(24-20)22-15-1-5-17(6-2-15)25-11-13-27-14-12-25/h1-2,5-6,9-10,16,18,26H,3-4,7-8,11-14H2,(H2,21,22,23,24). The summed E-state index contributed by atoms with van der Waals surface area (Å²) in [5.74, 6) is 1.40. The van der Waals surface area contributed by atoms with Crippen molar-refractivity contribution in [3.8, 4) is 0 Å². The van der Waals surface area contributed by atoms with Gasteiger partial charge >= 0.3 is 0 Å². The maximum Gasteiger partial charge on any atom is 0.224 e. The van der Waals surface area contributed by atoms with Crippen LogP contribution in [0.5, 0.6) is 0 Å². The van der Waals surface area contributed by atoms with E-state index in [4.69, 9.17) is 4.74 Å².